The summed E-state index contributed by atoms with van der Waals surface area (Å²) >= 11 is 0. The summed E-state index contributed by atoms with van der Waals surface area (Å²) < 4.78 is 1.63. The molecule has 2 N–H and O–H groups in total. The van der Waals surface area contributed by atoms with Crippen LogP contribution in [0.5, 0.6) is 0 Å². The SMILES string of the molecule is CC(=O)Nc1cc(CC[C@@H](C)N(C(=O)c2nnc[nH]2)C(C)C)nc2c(-c3ccc(-c4ccccc4)nc3)cnn12. The highest BCUT2D eigenvalue weighted by atomic mass is 16.2. The van der Waals surface area contributed by atoms with E-state index in [0.717, 1.165) is 28.1 Å². The topological polar surface area (TPSA) is 134 Å². The maximum atomic E-state index is 13.0. The van der Waals surface area contributed by atoms with E-state index in [9.17, 15) is 9.59 Å². The van der Waals surface area contributed by atoms with Crippen LogP contribution in [0.2, 0.25) is 0 Å². The molecular formula is C29H31N9O2. The molecule has 0 aliphatic heterocycles. The van der Waals surface area contributed by atoms with Crippen LogP contribution in [-0.4, -0.2) is 63.6 Å². The first-order chi connectivity index (χ1) is 19.3. The first-order valence-electron chi connectivity index (χ1n) is 13.2. The minimum absolute atomic E-state index is 0.0363. The molecule has 0 saturated heterocycles. The van der Waals surface area contributed by atoms with Crippen LogP contribution in [0.25, 0.3) is 28.0 Å². The zero-order valence-electron chi connectivity index (χ0n) is 22.9. The number of carbonyl (C=O) groups excluding carboxylic acids is 2. The predicted octanol–water partition coefficient (Wildman–Crippen LogP) is 4.41. The summed E-state index contributed by atoms with van der Waals surface area (Å²) in [5.41, 5.74) is 4.96. The molecule has 0 spiro atoms. The van der Waals surface area contributed by atoms with Crippen molar-refractivity contribution in [3.8, 4) is 22.4 Å². The van der Waals surface area contributed by atoms with Gasteiger partial charge in [-0.1, -0.05) is 36.4 Å². The molecule has 4 aromatic heterocycles. The Labute approximate surface area is 231 Å². The molecule has 0 unspecified atom stereocenters. The Morgan fingerprint density at radius 3 is 2.50 bits per heavy atom. The molecule has 0 aliphatic carbocycles. The van der Waals surface area contributed by atoms with E-state index in [0.29, 0.717) is 24.3 Å². The molecule has 204 valence electrons. The Morgan fingerprint density at radius 1 is 1.05 bits per heavy atom. The van der Waals surface area contributed by atoms with Gasteiger partial charge < -0.3 is 15.2 Å². The van der Waals surface area contributed by atoms with Crippen LogP contribution in [0.15, 0.2) is 67.3 Å². The molecule has 1 aromatic carbocycles. The number of aromatic nitrogens is 7. The summed E-state index contributed by atoms with van der Waals surface area (Å²) in [6, 6.07) is 15.6. The lowest BCUT2D eigenvalue weighted by atomic mass is 10.1. The lowest BCUT2D eigenvalue weighted by molar-refractivity contribution is -0.114. The lowest BCUT2D eigenvalue weighted by Crippen LogP contribution is -2.44. The van der Waals surface area contributed by atoms with Crippen molar-refractivity contribution >= 4 is 23.3 Å². The number of aromatic amines is 1. The van der Waals surface area contributed by atoms with E-state index in [1.807, 2.05) is 75.5 Å². The zero-order chi connectivity index (χ0) is 28.2. The number of hydrogen-bond acceptors (Lipinski definition) is 7. The van der Waals surface area contributed by atoms with Gasteiger partial charge in [0.05, 0.1) is 11.9 Å². The quantitative estimate of drug-likeness (QED) is 0.284. The fourth-order valence-electron chi connectivity index (χ4n) is 4.82. The maximum absolute atomic E-state index is 13.0. The van der Waals surface area contributed by atoms with Crippen molar-refractivity contribution in [2.45, 2.75) is 52.6 Å². The number of hydrogen-bond donors (Lipinski definition) is 2. The third-order valence-corrected chi connectivity index (χ3v) is 6.68. The summed E-state index contributed by atoms with van der Waals surface area (Å²) in [4.78, 5) is 39.2. The standard InChI is InChI=1S/C29H31N9O2/c1-18(2)37(29(40)27-31-17-32-36-27)19(3)10-12-23-14-26(34-20(4)39)38-28(35-23)24(16-33-38)22-11-13-25(30-15-22)21-8-6-5-7-9-21/h5-9,11,13-19H,10,12H2,1-4H3,(H,34,39)(H,31,32,36)/t19-/m1/s1. The first-order valence-corrected chi connectivity index (χ1v) is 13.2. The fraction of sp³-hybridized carbons (Fsp3) is 0.276. The van der Waals surface area contributed by atoms with E-state index in [-0.39, 0.29) is 29.7 Å². The summed E-state index contributed by atoms with van der Waals surface area (Å²) in [6.45, 7) is 7.41. The van der Waals surface area contributed by atoms with Crippen molar-refractivity contribution in [1.29, 1.82) is 0 Å². The molecule has 0 bridgehead atoms. The van der Waals surface area contributed by atoms with Gasteiger partial charge in [-0.2, -0.15) is 9.61 Å². The number of carbonyl (C=O) groups is 2. The molecular weight excluding hydrogens is 506 g/mol. The third-order valence-electron chi connectivity index (χ3n) is 6.68. The number of rotatable bonds is 9. The Kier molecular flexibility index (Phi) is 7.63. The monoisotopic (exact) mass is 537 g/mol. The molecule has 5 aromatic rings. The second kappa shape index (κ2) is 11.4. The highest BCUT2D eigenvalue weighted by Crippen LogP contribution is 2.28. The highest BCUT2D eigenvalue weighted by molar-refractivity contribution is 5.91. The molecule has 2 amide bonds. The number of H-pyrrole nitrogens is 1. The Bertz CT molecular complexity index is 1610. The molecule has 4 heterocycles. The number of pyridine rings is 1. The summed E-state index contributed by atoms with van der Waals surface area (Å²) in [6.07, 6.45) is 6.16. The van der Waals surface area contributed by atoms with Crippen LogP contribution in [0.3, 0.4) is 0 Å². The van der Waals surface area contributed by atoms with E-state index >= 15 is 0 Å². The molecule has 0 fully saturated rings. The zero-order valence-corrected chi connectivity index (χ0v) is 22.9. The number of nitrogens with zero attached hydrogens (tertiary/aromatic N) is 7. The van der Waals surface area contributed by atoms with Crippen molar-refractivity contribution in [2.24, 2.45) is 0 Å². The van der Waals surface area contributed by atoms with Crippen molar-refractivity contribution in [2.75, 3.05) is 5.32 Å². The number of anilines is 1. The predicted molar refractivity (Wildman–Crippen MR) is 151 cm³/mol. The van der Waals surface area contributed by atoms with Crippen molar-refractivity contribution in [3.63, 3.8) is 0 Å². The summed E-state index contributed by atoms with van der Waals surface area (Å²) in [5.74, 6) is 0.329. The maximum Gasteiger partial charge on any atom is 0.292 e. The Hall–Kier alpha value is -4.93. The van der Waals surface area contributed by atoms with Crippen LogP contribution in [0.4, 0.5) is 5.82 Å². The molecule has 11 nitrogen and oxygen atoms in total. The molecule has 0 aliphatic rings. The number of benzene rings is 1. The van der Waals surface area contributed by atoms with Crippen LogP contribution in [0, 0.1) is 0 Å². The van der Waals surface area contributed by atoms with Gasteiger partial charge in [-0.15, -0.1) is 10.2 Å². The van der Waals surface area contributed by atoms with Crippen molar-refractivity contribution in [3.05, 3.63) is 78.8 Å². The Balaban J connectivity index is 1.43. The molecule has 0 saturated carbocycles. The van der Waals surface area contributed by atoms with Crippen LogP contribution < -0.4 is 5.32 Å². The number of fused-ring (bicyclic) bond motifs is 1. The first kappa shape index (κ1) is 26.7. The largest absolute Gasteiger partial charge is 0.331 e. The number of amides is 2. The second-order valence-corrected chi connectivity index (χ2v) is 9.94. The van der Waals surface area contributed by atoms with Gasteiger partial charge in [-0.05, 0) is 39.7 Å². The Morgan fingerprint density at radius 2 is 1.85 bits per heavy atom. The van der Waals surface area contributed by atoms with Crippen LogP contribution >= 0.6 is 0 Å². The molecule has 40 heavy (non-hydrogen) atoms. The molecule has 0 radical (unpaired) electrons. The summed E-state index contributed by atoms with van der Waals surface area (Å²) in [7, 11) is 0. The fourth-order valence-corrected chi connectivity index (χ4v) is 4.82. The van der Waals surface area contributed by atoms with Gasteiger partial charge in [0.1, 0.15) is 12.1 Å². The van der Waals surface area contributed by atoms with Gasteiger partial charge in [0, 0.05) is 53.7 Å². The van der Waals surface area contributed by atoms with Gasteiger partial charge in [-0.25, -0.2) is 4.98 Å². The lowest BCUT2D eigenvalue weighted by Gasteiger charge is -2.32. The minimum atomic E-state index is -0.207. The number of aryl methyl sites for hydroxylation is 1. The van der Waals surface area contributed by atoms with Gasteiger partial charge in [0.15, 0.2) is 5.65 Å². The van der Waals surface area contributed by atoms with Gasteiger partial charge in [-0.3, -0.25) is 14.6 Å². The van der Waals surface area contributed by atoms with E-state index in [2.05, 4.69) is 30.6 Å². The third kappa shape index (κ3) is 5.58. The van der Waals surface area contributed by atoms with Crippen LogP contribution in [0.1, 0.15) is 50.4 Å². The smallest absolute Gasteiger partial charge is 0.292 e. The summed E-state index contributed by atoms with van der Waals surface area (Å²) in [5, 5.41) is 15.0. The average molecular weight is 538 g/mol. The van der Waals surface area contributed by atoms with Gasteiger partial charge in [0.25, 0.3) is 5.91 Å². The minimum Gasteiger partial charge on any atom is -0.331 e. The second-order valence-electron chi connectivity index (χ2n) is 9.94. The van der Waals surface area contributed by atoms with E-state index in [1.54, 1.807) is 15.6 Å². The van der Waals surface area contributed by atoms with Crippen molar-refractivity contribution in [1.82, 2.24) is 39.7 Å². The van der Waals surface area contributed by atoms with E-state index in [1.165, 1.54) is 13.3 Å². The normalized spacial score (nSPS) is 12.0. The molecule has 5 rings (SSSR count). The van der Waals surface area contributed by atoms with E-state index in [4.69, 9.17) is 4.98 Å². The average Bonchev–Trinajstić information content (AvgIpc) is 3.63. The molecule has 11 heteroatoms. The van der Waals surface area contributed by atoms with Crippen LogP contribution in [-0.2, 0) is 11.2 Å². The number of nitrogens with one attached hydrogen (secondary N) is 2. The molecule has 1 atom stereocenters. The highest BCUT2D eigenvalue weighted by Gasteiger charge is 2.26. The van der Waals surface area contributed by atoms with E-state index < -0.39 is 0 Å². The van der Waals surface area contributed by atoms with Gasteiger partial charge in [0.2, 0.25) is 11.7 Å². The van der Waals surface area contributed by atoms with Crippen molar-refractivity contribution < 1.29 is 9.59 Å². The van der Waals surface area contributed by atoms with Gasteiger partial charge >= 0.3 is 0 Å².